The van der Waals surface area contributed by atoms with Crippen molar-refractivity contribution in [2.75, 3.05) is 5.32 Å². The summed E-state index contributed by atoms with van der Waals surface area (Å²) in [7, 11) is 0. The van der Waals surface area contributed by atoms with E-state index in [0.29, 0.717) is 0 Å². The van der Waals surface area contributed by atoms with Gasteiger partial charge in [0.1, 0.15) is 0 Å². The highest BCUT2D eigenvalue weighted by molar-refractivity contribution is 5.92. The fourth-order valence-electron chi connectivity index (χ4n) is 2.30. The summed E-state index contributed by atoms with van der Waals surface area (Å²) in [5.41, 5.74) is -0.0970. The van der Waals surface area contributed by atoms with E-state index in [1.165, 1.54) is 12.1 Å². The third-order valence-corrected chi connectivity index (χ3v) is 3.66. The lowest BCUT2D eigenvalue weighted by Crippen LogP contribution is -2.23. The van der Waals surface area contributed by atoms with Crippen molar-refractivity contribution in [1.29, 1.82) is 0 Å². The Morgan fingerprint density at radius 2 is 1.86 bits per heavy atom. The van der Waals surface area contributed by atoms with Gasteiger partial charge in [0.15, 0.2) is 5.82 Å². The highest BCUT2D eigenvalue weighted by Gasteiger charge is 2.30. The zero-order chi connectivity index (χ0) is 20.9. The Labute approximate surface area is 162 Å². The normalized spacial score (nSPS) is 11.1. The molecule has 0 fully saturated rings. The number of nitrogens with zero attached hydrogens (tertiary/aromatic N) is 3. The molecule has 1 aromatic carbocycles. The van der Waals surface area contributed by atoms with E-state index in [-0.39, 0.29) is 30.4 Å². The van der Waals surface area contributed by atoms with Crippen LogP contribution in [0.15, 0.2) is 53.3 Å². The van der Waals surface area contributed by atoms with E-state index >= 15 is 0 Å². The van der Waals surface area contributed by atoms with Gasteiger partial charge in [-0.1, -0.05) is 11.2 Å². The van der Waals surface area contributed by atoms with E-state index in [4.69, 9.17) is 4.52 Å². The lowest BCUT2D eigenvalue weighted by molar-refractivity contribution is -0.137. The summed E-state index contributed by atoms with van der Waals surface area (Å²) in [6.45, 7) is 0.217. The number of aromatic nitrogens is 3. The fraction of sp³-hybridized carbons (Fsp3) is 0.167. The molecular formula is C18H14F3N5O3. The minimum atomic E-state index is -4.52. The van der Waals surface area contributed by atoms with E-state index in [0.717, 1.165) is 17.7 Å². The minimum absolute atomic E-state index is 0.0244. The lowest BCUT2D eigenvalue weighted by atomic mass is 10.2. The van der Waals surface area contributed by atoms with Crippen molar-refractivity contribution >= 4 is 17.5 Å². The van der Waals surface area contributed by atoms with Crippen molar-refractivity contribution in [3.63, 3.8) is 0 Å². The number of carbonyl (C=O) groups is 2. The molecule has 150 valence electrons. The fourth-order valence-corrected chi connectivity index (χ4v) is 2.30. The first-order chi connectivity index (χ1) is 13.8. The third-order valence-electron chi connectivity index (χ3n) is 3.66. The Kier molecular flexibility index (Phi) is 5.86. The number of carbonyl (C=O) groups excluding carboxylic acids is 2. The number of rotatable bonds is 6. The Hall–Kier alpha value is -3.76. The highest BCUT2D eigenvalue weighted by atomic mass is 19.4. The summed E-state index contributed by atoms with van der Waals surface area (Å²) in [5, 5.41) is 8.43. The van der Waals surface area contributed by atoms with Crippen molar-refractivity contribution in [2.24, 2.45) is 0 Å². The summed E-state index contributed by atoms with van der Waals surface area (Å²) in [4.78, 5) is 31.7. The smallest absolute Gasteiger partial charge is 0.344 e. The topological polar surface area (TPSA) is 110 Å². The number of hydrogen-bond acceptors (Lipinski definition) is 6. The van der Waals surface area contributed by atoms with E-state index in [2.05, 4.69) is 25.8 Å². The predicted octanol–water partition coefficient (Wildman–Crippen LogP) is 2.59. The van der Waals surface area contributed by atoms with Crippen LogP contribution in [0.2, 0.25) is 0 Å². The number of amides is 2. The van der Waals surface area contributed by atoms with Crippen LogP contribution in [0.4, 0.5) is 18.9 Å². The SMILES string of the molecule is O=C(Cc1noc(C(=O)NCc2ccncc2)n1)Nc1cccc(C(F)(F)F)c1. The molecule has 8 nitrogen and oxygen atoms in total. The molecule has 2 amide bonds. The predicted molar refractivity (Wildman–Crippen MR) is 93.5 cm³/mol. The van der Waals surface area contributed by atoms with Gasteiger partial charge in [-0.25, -0.2) is 0 Å². The van der Waals surface area contributed by atoms with Crippen LogP contribution < -0.4 is 10.6 Å². The van der Waals surface area contributed by atoms with Crippen LogP contribution in [0.5, 0.6) is 0 Å². The number of halogens is 3. The quantitative estimate of drug-likeness (QED) is 0.652. The van der Waals surface area contributed by atoms with E-state index in [1.54, 1.807) is 24.5 Å². The number of hydrogen-bond donors (Lipinski definition) is 2. The average Bonchev–Trinajstić information content (AvgIpc) is 3.15. The Balaban J connectivity index is 1.55. The van der Waals surface area contributed by atoms with Crippen LogP contribution >= 0.6 is 0 Å². The Morgan fingerprint density at radius 1 is 1.10 bits per heavy atom. The zero-order valence-corrected chi connectivity index (χ0v) is 14.7. The summed E-state index contributed by atoms with van der Waals surface area (Å²) >= 11 is 0. The molecule has 0 saturated heterocycles. The van der Waals surface area contributed by atoms with Gasteiger partial charge in [0.2, 0.25) is 5.91 Å². The molecule has 0 atom stereocenters. The van der Waals surface area contributed by atoms with Crippen LogP contribution in [0, 0.1) is 0 Å². The number of nitrogens with one attached hydrogen (secondary N) is 2. The maximum Gasteiger partial charge on any atom is 0.416 e. The first-order valence-electron chi connectivity index (χ1n) is 8.28. The maximum absolute atomic E-state index is 12.7. The molecule has 2 aromatic heterocycles. The van der Waals surface area contributed by atoms with E-state index < -0.39 is 23.6 Å². The minimum Gasteiger partial charge on any atom is -0.344 e. The van der Waals surface area contributed by atoms with Gasteiger partial charge in [-0.05, 0) is 35.9 Å². The molecule has 29 heavy (non-hydrogen) atoms. The molecule has 2 N–H and O–H groups in total. The molecule has 0 aliphatic heterocycles. The van der Waals surface area contributed by atoms with Gasteiger partial charge >= 0.3 is 18.0 Å². The first-order valence-corrected chi connectivity index (χ1v) is 8.28. The van der Waals surface area contributed by atoms with E-state index in [9.17, 15) is 22.8 Å². The van der Waals surface area contributed by atoms with Crippen LogP contribution in [0.25, 0.3) is 0 Å². The molecule has 0 unspecified atom stereocenters. The van der Waals surface area contributed by atoms with Crippen molar-refractivity contribution in [2.45, 2.75) is 19.1 Å². The maximum atomic E-state index is 12.7. The van der Waals surface area contributed by atoms with Gasteiger partial charge in [-0.3, -0.25) is 14.6 Å². The molecule has 0 aliphatic rings. The highest BCUT2D eigenvalue weighted by Crippen LogP contribution is 2.30. The molecule has 3 rings (SSSR count). The molecular weight excluding hydrogens is 391 g/mol. The largest absolute Gasteiger partial charge is 0.416 e. The van der Waals surface area contributed by atoms with Crippen molar-refractivity contribution in [3.8, 4) is 0 Å². The van der Waals surface area contributed by atoms with Gasteiger partial charge in [0.25, 0.3) is 0 Å². The van der Waals surface area contributed by atoms with Gasteiger partial charge in [0, 0.05) is 24.6 Å². The summed E-state index contributed by atoms with van der Waals surface area (Å²) in [6.07, 6.45) is -1.74. The van der Waals surface area contributed by atoms with Gasteiger partial charge in [-0.15, -0.1) is 0 Å². The van der Waals surface area contributed by atoms with Gasteiger partial charge < -0.3 is 15.2 Å². The van der Waals surface area contributed by atoms with Gasteiger partial charge in [-0.2, -0.15) is 18.2 Å². The van der Waals surface area contributed by atoms with Crippen LogP contribution in [0.3, 0.4) is 0 Å². The summed E-state index contributed by atoms with van der Waals surface area (Å²) in [5.74, 6) is -1.70. The molecule has 11 heteroatoms. The number of pyridine rings is 1. The molecule has 0 aliphatic carbocycles. The van der Waals surface area contributed by atoms with Crippen molar-refractivity contribution in [1.82, 2.24) is 20.4 Å². The molecule has 0 spiro atoms. The Morgan fingerprint density at radius 3 is 2.59 bits per heavy atom. The van der Waals surface area contributed by atoms with Crippen LogP contribution in [0.1, 0.15) is 27.6 Å². The molecule has 2 heterocycles. The van der Waals surface area contributed by atoms with E-state index in [1.807, 2.05) is 0 Å². The van der Waals surface area contributed by atoms with Gasteiger partial charge in [0.05, 0.1) is 12.0 Å². The number of benzene rings is 1. The standard InChI is InChI=1S/C18H14F3N5O3/c19-18(20,21)12-2-1-3-13(8-12)24-15(27)9-14-25-17(29-26-14)16(28)23-10-11-4-6-22-7-5-11/h1-8H,9-10H2,(H,23,28)(H,24,27). The molecule has 3 aromatic rings. The summed E-state index contributed by atoms with van der Waals surface area (Å²) in [6, 6.07) is 7.65. The average molecular weight is 405 g/mol. The van der Waals surface area contributed by atoms with Crippen LogP contribution in [-0.2, 0) is 23.9 Å². The second-order valence-electron chi connectivity index (χ2n) is 5.86. The lowest BCUT2D eigenvalue weighted by Gasteiger charge is -2.09. The molecule has 0 saturated carbocycles. The second-order valence-corrected chi connectivity index (χ2v) is 5.86. The third kappa shape index (κ3) is 5.61. The Bertz CT molecular complexity index is 1010. The van der Waals surface area contributed by atoms with Crippen molar-refractivity contribution < 1.29 is 27.3 Å². The second kappa shape index (κ2) is 8.50. The molecule has 0 radical (unpaired) electrons. The number of anilines is 1. The van der Waals surface area contributed by atoms with Crippen LogP contribution in [-0.4, -0.2) is 26.9 Å². The number of alkyl halides is 3. The molecule has 0 bridgehead atoms. The first kappa shape index (κ1) is 20.0. The monoisotopic (exact) mass is 405 g/mol. The van der Waals surface area contributed by atoms with Crippen molar-refractivity contribution in [3.05, 3.63) is 71.6 Å². The zero-order valence-electron chi connectivity index (χ0n) is 14.7. The summed E-state index contributed by atoms with van der Waals surface area (Å²) < 4.78 is 43.0.